The predicted octanol–water partition coefficient (Wildman–Crippen LogP) is 3.87. The molecule has 144 valence electrons. The molecular formula is C21H23N5OS. The van der Waals surface area contributed by atoms with Crippen molar-refractivity contribution >= 4 is 17.7 Å². The highest BCUT2D eigenvalue weighted by atomic mass is 32.2. The van der Waals surface area contributed by atoms with Crippen LogP contribution in [0.4, 0.5) is 0 Å². The van der Waals surface area contributed by atoms with E-state index in [-0.39, 0.29) is 11.2 Å². The minimum absolute atomic E-state index is 0.0578. The monoisotopic (exact) mass is 393 g/mol. The van der Waals surface area contributed by atoms with Gasteiger partial charge in [-0.15, -0.1) is 10.2 Å². The molecule has 2 heterocycles. The normalized spacial score (nSPS) is 15.5. The van der Waals surface area contributed by atoms with Crippen LogP contribution in [-0.4, -0.2) is 36.9 Å². The summed E-state index contributed by atoms with van der Waals surface area (Å²) in [6.45, 7) is 1.92. The summed E-state index contributed by atoms with van der Waals surface area (Å²) in [5.41, 5.74) is 1.84. The lowest BCUT2D eigenvalue weighted by atomic mass is 10.2. The van der Waals surface area contributed by atoms with Crippen LogP contribution in [0.5, 0.6) is 0 Å². The molecule has 0 saturated heterocycles. The van der Waals surface area contributed by atoms with Crippen molar-refractivity contribution in [2.24, 2.45) is 0 Å². The van der Waals surface area contributed by atoms with Gasteiger partial charge in [-0.2, -0.15) is 0 Å². The molecule has 0 bridgehead atoms. The largest absolute Gasteiger partial charge is 0.352 e. The first-order valence-corrected chi connectivity index (χ1v) is 10.5. The van der Waals surface area contributed by atoms with Crippen LogP contribution in [-0.2, 0) is 4.79 Å². The van der Waals surface area contributed by atoms with Crippen molar-refractivity contribution < 1.29 is 4.79 Å². The Labute approximate surface area is 168 Å². The summed E-state index contributed by atoms with van der Waals surface area (Å²) >= 11 is 1.43. The molecule has 1 N–H and O–H groups in total. The Bertz CT molecular complexity index is 922. The second kappa shape index (κ2) is 8.56. The topological polar surface area (TPSA) is 72.7 Å². The van der Waals surface area contributed by atoms with Crippen molar-refractivity contribution in [1.29, 1.82) is 0 Å². The lowest BCUT2D eigenvalue weighted by molar-refractivity contribution is -0.120. The quantitative estimate of drug-likeness (QED) is 0.644. The SMILES string of the molecule is C[C@H](Sc1nnc(-c2cccnc2)n1-c1ccccc1)C(=O)NC1CCCC1. The number of nitrogens with zero attached hydrogens (tertiary/aromatic N) is 4. The van der Waals surface area contributed by atoms with Crippen molar-refractivity contribution in [2.45, 2.75) is 49.1 Å². The van der Waals surface area contributed by atoms with Crippen molar-refractivity contribution in [1.82, 2.24) is 25.1 Å². The smallest absolute Gasteiger partial charge is 0.233 e. The zero-order valence-electron chi connectivity index (χ0n) is 15.8. The van der Waals surface area contributed by atoms with Gasteiger partial charge in [0.05, 0.1) is 5.25 Å². The third kappa shape index (κ3) is 4.09. The van der Waals surface area contributed by atoms with Gasteiger partial charge >= 0.3 is 0 Å². The third-order valence-electron chi connectivity index (χ3n) is 4.92. The number of carbonyl (C=O) groups is 1. The summed E-state index contributed by atoms with van der Waals surface area (Å²) in [6.07, 6.45) is 8.06. The van der Waals surface area contributed by atoms with Gasteiger partial charge in [0.2, 0.25) is 5.91 Å². The maximum absolute atomic E-state index is 12.6. The molecule has 28 heavy (non-hydrogen) atoms. The fourth-order valence-corrected chi connectivity index (χ4v) is 4.31. The summed E-state index contributed by atoms with van der Waals surface area (Å²) in [4.78, 5) is 16.8. The average Bonchev–Trinajstić information content (AvgIpc) is 3.39. The molecule has 1 aliphatic carbocycles. The van der Waals surface area contributed by atoms with Gasteiger partial charge in [0.25, 0.3) is 0 Å². The van der Waals surface area contributed by atoms with Crippen LogP contribution in [0.2, 0.25) is 0 Å². The number of benzene rings is 1. The van der Waals surface area contributed by atoms with E-state index in [1.165, 1.54) is 24.6 Å². The van der Waals surface area contributed by atoms with Crippen LogP contribution < -0.4 is 5.32 Å². The van der Waals surface area contributed by atoms with Crippen LogP contribution in [0.1, 0.15) is 32.6 Å². The van der Waals surface area contributed by atoms with Crippen molar-refractivity contribution in [3.8, 4) is 17.1 Å². The number of aromatic nitrogens is 4. The zero-order valence-corrected chi connectivity index (χ0v) is 16.6. The highest BCUT2D eigenvalue weighted by Gasteiger charge is 2.24. The first-order valence-electron chi connectivity index (χ1n) is 9.60. The molecule has 0 aliphatic heterocycles. The van der Waals surface area contributed by atoms with Gasteiger partial charge in [0, 0.05) is 29.7 Å². The summed E-state index contributed by atoms with van der Waals surface area (Å²) in [7, 11) is 0. The molecule has 1 fully saturated rings. The number of hydrogen-bond donors (Lipinski definition) is 1. The van der Waals surface area contributed by atoms with Gasteiger partial charge < -0.3 is 5.32 Å². The molecule has 6 nitrogen and oxygen atoms in total. The Kier molecular flexibility index (Phi) is 5.71. The maximum atomic E-state index is 12.6. The van der Waals surface area contributed by atoms with Gasteiger partial charge in [0.15, 0.2) is 11.0 Å². The lowest BCUT2D eigenvalue weighted by Gasteiger charge is -2.17. The van der Waals surface area contributed by atoms with E-state index in [4.69, 9.17) is 0 Å². The molecule has 0 radical (unpaired) electrons. The summed E-state index contributed by atoms with van der Waals surface area (Å²) in [5, 5.41) is 12.4. The Hall–Kier alpha value is -2.67. The first kappa shape index (κ1) is 18.7. The fourth-order valence-electron chi connectivity index (χ4n) is 3.44. The number of amides is 1. The first-order chi connectivity index (χ1) is 13.7. The minimum Gasteiger partial charge on any atom is -0.352 e. The number of para-hydroxylation sites is 1. The Morgan fingerprint density at radius 1 is 1.14 bits per heavy atom. The molecule has 1 amide bonds. The molecule has 1 aromatic carbocycles. The van der Waals surface area contributed by atoms with E-state index < -0.39 is 0 Å². The van der Waals surface area contributed by atoms with E-state index in [1.54, 1.807) is 12.4 Å². The molecule has 4 rings (SSSR count). The molecule has 1 saturated carbocycles. The maximum Gasteiger partial charge on any atom is 0.233 e. The van der Waals surface area contributed by atoms with E-state index >= 15 is 0 Å². The lowest BCUT2D eigenvalue weighted by Crippen LogP contribution is -2.37. The second-order valence-corrected chi connectivity index (χ2v) is 8.28. The number of thioether (sulfide) groups is 1. The van der Waals surface area contributed by atoms with Crippen LogP contribution in [0.15, 0.2) is 60.0 Å². The molecule has 1 atom stereocenters. The number of rotatable bonds is 6. The van der Waals surface area contributed by atoms with E-state index in [2.05, 4.69) is 20.5 Å². The Balaban J connectivity index is 1.61. The van der Waals surface area contributed by atoms with Gasteiger partial charge in [-0.1, -0.05) is 42.8 Å². The molecule has 2 aromatic heterocycles. The molecular weight excluding hydrogens is 370 g/mol. The minimum atomic E-state index is -0.256. The number of carbonyl (C=O) groups excluding carboxylic acids is 1. The van der Waals surface area contributed by atoms with Gasteiger partial charge in [-0.3, -0.25) is 14.3 Å². The second-order valence-electron chi connectivity index (χ2n) is 6.97. The molecule has 0 unspecified atom stereocenters. The van der Waals surface area contributed by atoms with Crippen molar-refractivity contribution in [3.05, 3.63) is 54.9 Å². The van der Waals surface area contributed by atoms with Crippen LogP contribution in [0.3, 0.4) is 0 Å². The Morgan fingerprint density at radius 3 is 2.64 bits per heavy atom. The van der Waals surface area contributed by atoms with Gasteiger partial charge in [-0.25, -0.2) is 0 Å². The van der Waals surface area contributed by atoms with E-state index in [0.29, 0.717) is 17.0 Å². The predicted molar refractivity (Wildman–Crippen MR) is 110 cm³/mol. The van der Waals surface area contributed by atoms with Crippen LogP contribution >= 0.6 is 11.8 Å². The molecule has 1 aliphatic rings. The zero-order chi connectivity index (χ0) is 19.3. The van der Waals surface area contributed by atoms with E-state index in [9.17, 15) is 4.79 Å². The van der Waals surface area contributed by atoms with Gasteiger partial charge in [0.1, 0.15) is 0 Å². The fraction of sp³-hybridized carbons (Fsp3) is 0.333. The van der Waals surface area contributed by atoms with Crippen molar-refractivity contribution in [3.63, 3.8) is 0 Å². The number of hydrogen-bond acceptors (Lipinski definition) is 5. The molecule has 7 heteroatoms. The Morgan fingerprint density at radius 2 is 1.93 bits per heavy atom. The standard InChI is InChI=1S/C21H23N5OS/c1-15(20(27)23-17-9-5-6-10-17)28-21-25-24-19(16-8-7-13-22-14-16)26(21)18-11-3-2-4-12-18/h2-4,7-8,11-15,17H,5-6,9-10H2,1H3,(H,23,27)/t15-/m0/s1. The number of pyridine rings is 1. The number of nitrogens with one attached hydrogen (secondary N) is 1. The average molecular weight is 394 g/mol. The van der Waals surface area contributed by atoms with E-state index in [0.717, 1.165) is 24.1 Å². The highest BCUT2D eigenvalue weighted by molar-refractivity contribution is 8.00. The van der Waals surface area contributed by atoms with Crippen LogP contribution in [0, 0.1) is 0 Å². The molecule has 3 aromatic rings. The van der Waals surface area contributed by atoms with E-state index in [1.807, 2.05) is 54.0 Å². The highest BCUT2D eigenvalue weighted by Crippen LogP contribution is 2.30. The summed E-state index contributed by atoms with van der Waals surface area (Å²) in [6, 6.07) is 14.1. The van der Waals surface area contributed by atoms with Gasteiger partial charge in [-0.05, 0) is 44.0 Å². The van der Waals surface area contributed by atoms with Crippen LogP contribution in [0.25, 0.3) is 17.1 Å². The molecule has 0 spiro atoms. The third-order valence-corrected chi connectivity index (χ3v) is 5.96. The van der Waals surface area contributed by atoms with Crippen molar-refractivity contribution in [2.75, 3.05) is 0 Å². The summed E-state index contributed by atoms with van der Waals surface area (Å²) in [5.74, 6) is 0.771. The summed E-state index contributed by atoms with van der Waals surface area (Å²) < 4.78 is 1.99.